The maximum atomic E-state index is 11.7. The van der Waals surface area contributed by atoms with Gasteiger partial charge in [-0.1, -0.05) is 32.3 Å². The molecule has 0 bridgehead atoms. The number of hydrogen-bond donors (Lipinski definition) is 2. The van der Waals surface area contributed by atoms with Crippen LogP contribution >= 0.6 is 7.82 Å². The molecular formula is C18H38N2O5P+. The van der Waals surface area contributed by atoms with E-state index in [4.69, 9.17) is 9.05 Å². The standard InChI is InChI=1S/C18H37N2O5P/c1-17(2)18(21)19-13-10-8-6-7-9-11-15-24-26(22,23)25-16-12-14-20(3,4)5/h1,6-16H2,2-5H3,(H-,19,21,22,23)/p+1. The van der Waals surface area contributed by atoms with Crippen molar-refractivity contribution in [3.63, 3.8) is 0 Å². The van der Waals surface area contributed by atoms with Crippen molar-refractivity contribution in [2.75, 3.05) is 47.4 Å². The molecule has 0 fully saturated rings. The quantitative estimate of drug-likeness (QED) is 0.182. The van der Waals surface area contributed by atoms with Crippen molar-refractivity contribution < 1.29 is 27.8 Å². The third-order valence-electron chi connectivity index (χ3n) is 3.73. The molecule has 2 N–H and O–H groups in total. The van der Waals surface area contributed by atoms with Gasteiger partial charge in [0.15, 0.2) is 0 Å². The number of nitrogens with one attached hydrogen (secondary N) is 1. The number of unbranched alkanes of at least 4 members (excludes halogenated alkanes) is 5. The summed E-state index contributed by atoms with van der Waals surface area (Å²) in [5.41, 5.74) is 0.531. The van der Waals surface area contributed by atoms with Gasteiger partial charge in [0.1, 0.15) is 0 Å². The summed E-state index contributed by atoms with van der Waals surface area (Å²) in [6.45, 7) is 7.29. The van der Waals surface area contributed by atoms with Crippen LogP contribution in [0.5, 0.6) is 0 Å². The minimum Gasteiger partial charge on any atom is -0.352 e. The summed E-state index contributed by atoms with van der Waals surface area (Å²) in [5.74, 6) is -0.0877. The Morgan fingerprint density at radius 1 is 1.00 bits per heavy atom. The fourth-order valence-corrected chi connectivity index (χ4v) is 3.02. The van der Waals surface area contributed by atoms with Gasteiger partial charge < -0.3 is 14.7 Å². The molecule has 0 rings (SSSR count). The Morgan fingerprint density at radius 3 is 2.04 bits per heavy atom. The van der Waals surface area contributed by atoms with Gasteiger partial charge in [-0.2, -0.15) is 0 Å². The lowest BCUT2D eigenvalue weighted by Crippen LogP contribution is -2.35. The van der Waals surface area contributed by atoms with Crippen molar-refractivity contribution >= 4 is 13.7 Å². The summed E-state index contributed by atoms with van der Waals surface area (Å²) >= 11 is 0. The molecule has 1 atom stereocenters. The van der Waals surface area contributed by atoms with E-state index in [0.717, 1.165) is 49.6 Å². The molecule has 26 heavy (non-hydrogen) atoms. The first-order valence-electron chi connectivity index (χ1n) is 9.39. The predicted octanol–water partition coefficient (Wildman–Crippen LogP) is 3.25. The summed E-state index contributed by atoms with van der Waals surface area (Å²) < 4.78 is 22.5. The Kier molecular flexibility index (Phi) is 13.1. The molecule has 0 aromatic rings. The summed E-state index contributed by atoms with van der Waals surface area (Å²) in [7, 11) is 2.27. The van der Waals surface area contributed by atoms with Crippen molar-refractivity contribution in [1.82, 2.24) is 5.32 Å². The van der Waals surface area contributed by atoms with Gasteiger partial charge in [-0.25, -0.2) is 4.57 Å². The number of nitrogens with zero attached hydrogens (tertiary/aromatic N) is 1. The maximum Gasteiger partial charge on any atom is 0.472 e. The van der Waals surface area contributed by atoms with E-state index in [0.29, 0.717) is 18.5 Å². The Balaban J connectivity index is 3.49. The molecule has 0 aromatic heterocycles. The second-order valence-electron chi connectivity index (χ2n) is 7.66. The summed E-state index contributed by atoms with van der Waals surface area (Å²) in [5, 5.41) is 2.81. The summed E-state index contributed by atoms with van der Waals surface area (Å²) in [6.07, 6.45) is 6.50. The van der Waals surface area contributed by atoms with Gasteiger partial charge in [-0.05, 0) is 19.8 Å². The van der Waals surface area contributed by atoms with Gasteiger partial charge in [-0.3, -0.25) is 13.8 Å². The van der Waals surface area contributed by atoms with Gasteiger partial charge in [-0.15, -0.1) is 0 Å². The Bertz CT molecular complexity index is 463. The number of quaternary nitrogens is 1. The zero-order valence-corrected chi connectivity index (χ0v) is 17.9. The molecule has 0 saturated carbocycles. The molecule has 0 heterocycles. The smallest absolute Gasteiger partial charge is 0.352 e. The fourth-order valence-electron chi connectivity index (χ4n) is 2.22. The van der Waals surface area contributed by atoms with Crippen molar-refractivity contribution in [1.29, 1.82) is 0 Å². The van der Waals surface area contributed by atoms with Crippen LogP contribution in [0.4, 0.5) is 0 Å². The number of rotatable bonds is 16. The SMILES string of the molecule is C=C(C)C(=O)NCCCCCCCCOP(=O)(O)OCCC[N+](C)(C)C. The first-order chi connectivity index (χ1) is 12.0. The lowest BCUT2D eigenvalue weighted by Gasteiger charge is -2.23. The van der Waals surface area contributed by atoms with Gasteiger partial charge in [0.2, 0.25) is 5.91 Å². The van der Waals surface area contributed by atoms with Gasteiger partial charge in [0.25, 0.3) is 0 Å². The number of amides is 1. The van der Waals surface area contributed by atoms with Gasteiger partial charge in [0.05, 0.1) is 40.9 Å². The van der Waals surface area contributed by atoms with E-state index in [1.807, 2.05) is 0 Å². The normalized spacial score (nSPS) is 14.0. The van der Waals surface area contributed by atoms with E-state index in [9.17, 15) is 14.3 Å². The molecule has 0 aliphatic carbocycles. The van der Waals surface area contributed by atoms with Crippen molar-refractivity contribution in [2.45, 2.75) is 51.9 Å². The minimum atomic E-state index is -3.92. The van der Waals surface area contributed by atoms with Crippen LogP contribution in [-0.2, 0) is 18.4 Å². The maximum absolute atomic E-state index is 11.7. The molecule has 154 valence electrons. The highest BCUT2D eigenvalue weighted by molar-refractivity contribution is 7.47. The largest absolute Gasteiger partial charge is 0.472 e. The second-order valence-corrected chi connectivity index (χ2v) is 9.11. The van der Waals surface area contributed by atoms with Crippen molar-refractivity contribution in [2.24, 2.45) is 0 Å². The van der Waals surface area contributed by atoms with Gasteiger partial charge >= 0.3 is 7.82 Å². The predicted molar refractivity (Wildman–Crippen MR) is 105 cm³/mol. The van der Waals surface area contributed by atoms with Crippen LogP contribution in [0.15, 0.2) is 12.2 Å². The van der Waals surface area contributed by atoms with Crippen LogP contribution in [0, 0.1) is 0 Å². The highest BCUT2D eigenvalue weighted by Crippen LogP contribution is 2.43. The number of carbonyl (C=O) groups is 1. The molecular weight excluding hydrogens is 355 g/mol. The van der Waals surface area contributed by atoms with E-state index in [2.05, 4.69) is 33.0 Å². The van der Waals surface area contributed by atoms with Crippen LogP contribution in [-0.4, -0.2) is 62.7 Å². The first kappa shape index (κ1) is 25.3. The Labute approximate surface area is 159 Å². The molecule has 0 spiro atoms. The molecule has 8 heteroatoms. The Hall–Kier alpha value is -0.720. The van der Waals surface area contributed by atoms with Crippen molar-refractivity contribution in [3.8, 4) is 0 Å². The Morgan fingerprint density at radius 2 is 1.50 bits per heavy atom. The number of phosphoric acid groups is 1. The summed E-state index contributed by atoms with van der Waals surface area (Å²) in [4.78, 5) is 20.9. The zero-order valence-electron chi connectivity index (χ0n) is 17.0. The van der Waals surface area contributed by atoms with E-state index >= 15 is 0 Å². The highest BCUT2D eigenvalue weighted by Gasteiger charge is 2.20. The van der Waals surface area contributed by atoms with Gasteiger partial charge in [0, 0.05) is 18.5 Å². The van der Waals surface area contributed by atoms with E-state index < -0.39 is 7.82 Å². The molecule has 0 aliphatic heterocycles. The second kappa shape index (κ2) is 13.4. The third kappa shape index (κ3) is 16.7. The molecule has 7 nitrogen and oxygen atoms in total. The fraction of sp³-hybridized carbons (Fsp3) is 0.833. The molecule has 1 amide bonds. The van der Waals surface area contributed by atoms with Crippen LogP contribution in [0.1, 0.15) is 51.9 Å². The highest BCUT2D eigenvalue weighted by atomic mass is 31.2. The third-order valence-corrected chi connectivity index (χ3v) is 4.74. The lowest BCUT2D eigenvalue weighted by atomic mass is 10.1. The molecule has 0 aromatic carbocycles. The van der Waals surface area contributed by atoms with Crippen molar-refractivity contribution in [3.05, 3.63) is 12.2 Å². The van der Waals surface area contributed by atoms with Crippen LogP contribution in [0.25, 0.3) is 0 Å². The molecule has 0 radical (unpaired) electrons. The van der Waals surface area contributed by atoms with E-state index in [1.165, 1.54) is 0 Å². The topological polar surface area (TPSA) is 84.9 Å². The minimum absolute atomic E-state index is 0.0877. The van der Waals surface area contributed by atoms with Crippen LogP contribution in [0.3, 0.4) is 0 Å². The average Bonchev–Trinajstić information content (AvgIpc) is 2.52. The van der Waals surface area contributed by atoms with E-state index in [-0.39, 0.29) is 19.1 Å². The van der Waals surface area contributed by atoms with Crippen LogP contribution < -0.4 is 5.32 Å². The number of hydrogen-bond acceptors (Lipinski definition) is 4. The lowest BCUT2D eigenvalue weighted by molar-refractivity contribution is -0.870. The van der Waals surface area contributed by atoms with Crippen LogP contribution in [0.2, 0.25) is 0 Å². The molecule has 0 saturated heterocycles. The monoisotopic (exact) mass is 393 g/mol. The number of phosphoric ester groups is 1. The summed E-state index contributed by atoms with van der Waals surface area (Å²) in [6, 6.07) is 0. The molecule has 1 unspecified atom stereocenters. The first-order valence-corrected chi connectivity index (χ1v) is 10.9. The zero-order chi connectivity index (χ0) is 20.1. The van der Waals surface area contributed by atoms with E-state index in [1.54, 1.807) is 6.92 Å². The average molecular weight is 393 g/mol. The molecule has 0 aliphatic rings. The number of carbonyl (C=O) groups excluding carboxylic acids is 1.